The predicted octanol–water partition coefficient (Wildman–Crippen LogP) is 3.18. The summed E-state index contributed by atoms with van der Waals surface area (Å²) in [5, 5.41) is 13.0. The SMILES string of the molecule is O=C(O)c1cc(SCCc2ccsc2)ccn1. The van der Waals surface area contributed by atoms with Crippen LogP contribution >= 0.6 is 23.1 Å². The molecule has 2 aromatic heterocycles. The minimum atomic E-state index is -0.981. The molecule has 0 aliphatic heterocycles. The van der Waals surface area contributed by atoms with Gasteiger partial charge in [0.15, 0.2) is 0 Å². The highest BCUT2D eigenvalue weighted by molar-refractivity contribution is 7.99. The van der Waals surface area contributed by atoms with Gasteiger partial charge in [-0.3, -0.25) is 0 Å². The number of carbonyl (C=O) groups is 1. The van der Waals surface area contributed by atoms with Gasteiger partial charge in [0, 0.05) is 16.8 Å². The molecule has 1 N–H and O–H groups in total. The Hall–Kier alpha value is -1.33. The van der Waals surface area contributed by atoms with E-state index in [0.717, 1.165) is 17.1 Å². The van der Waals surface area contributed by atoms with Crippen molar-refractivity contribution >= 4 is 29.1 Å². The molecule has 0 aromatic carbocycles. The van der Waals surface area contributed by atoms with Crippen molar-refractivity contribution in [3.05, 3.63) is 46.4 Å². The molecule has 0 amide bonds. The number of aryl methyl sites for hydroxylation is 1. The molecule has 0 atom stereocenters. The first-order valence-electron chi connectivity index (χ1n) is 5.09. The molecule has 2 aromatic rings. The molecule has 0 aliphatic carbocycles. The minimum absolute atomic E-state index is 0.102. The van der Waals surface area contributed by atoms with Crippen LogP contribution in [0.25, 0.3) is 0 Å². The number of pyridine rings is 1. The second-order valence-electron chi connectivity index (χ2n) is 3.41. The Morgan fingerprint density at radius 2 is 2.35 bits per heavy atom. The number of carboxylic acid groups (broad SMARTS) is 1. The van der Waals surface area contributed by atoms with E-state index in [1.54, 1.807) is 29.2 Å². The van der Waals surface area contributed by atoms with Crippen LogP contribution in [0.4, 0.5) is 0 Å². The van der Waals surface area contributed by atoms with Crippen molar-refractivity contribution in [3.8, 4) is 0 Å². The van der Waals surface area contributed by atoms with Gasteiger partial charge in [-0.15, -0.1) is 11.8 Å². The van der Waals surface area contributed by atoms with Crippen LogP contribution < -0.4 is 0 Å². The van der Waals surface area contributed by atoms with Crippen LogP contribution in [0.5, 0.6) is 0 Å². The molecular weight excluding hydrogens is 254 g/mol. The summed E-state index contributed by atoms with van der Waals surface area (Å²) in [5.74, 6) is -0.0370. The van der Waals surface area contributed by atoms with Crippen molar-refractivity contribution < 1.29 is 9.90 Å². The zero-order valence-electron chi connectivity index (χ0n) is 9.00. The van der Waals surface area contributed by atoms with Gasteiger partial charge in [-0.25, -0.2) is 9.78 Å². The summed E-state index contributed by atoms with van der Waals surface area (Å²) in [6, 6.07) is 5.56. The Kier molecular flexibility index (Phi) is 4.17. The zero-order valence-corrected chi connectivity index (χ0v) is 10.6. The van der Waals surface area contributed by atoms with E-state index in [2.05, 4.69) is 21.8 Å². The third-order valence-electron chi connectivity index (χ3n) is 2.19. The van der Waals surface area contributed by atoms with Crippen LogP contribution in [0, 0.1) is 0 Å². The maximum Gasteiger partial charge on any atom is 0.354 e. The van der Waals surface area contributed by atoms with Crippen LogP contribution in [-0.4, -0.2) is 21.8 Å². The number of thiophene rings is 1. The van der Waals surface area contributed by atoms with Gasteiger partial charge in [0.1, 0.15) is 5.69 Å². The summed E-state index contributed by atoms with van der Waals surface area (Å²) >= 11 is 3.35. The normalized spacial score (nSPS) is 10.4. The van der Waals surface area contributed by atoms with Crippen molar-refractivity contribution in [2.75, 3.05) is 5.75 Å². The molecule has 0 fully saturated rings. The standard InChI is InChI=1S/C12H11NO2S2/c14-12(15)11-7-10(1-4-13-11)17-6-3-9-2-5-16-8-9/h1-2,4-5,7-8H,3,6H2,(H,14,15). The Morgan fingerprint density at radius 3 is 3.06 bits per heavy atom. The Labute approximate surface area is 108 Å². The van der Waals surface area contributed by atoms with Crippen LogP contribution in [0.15, 0.2) is 40.1 Å². The topological polar surface area (TPSA) is 50.2 Å². The molecule has 0 saturated carbocycles. The van der Waals surface area contributed by atoms with Crippen molar-refractivity contribution in [2.45, 2.75) is 11.3 Å². The first kappa shape index (κ1) is 12.1. The number of hydrogen-bond acceptors (Lipinski definition) is 4. The van der Waals surface area contributed by atoms with Gasteiger partial charge in [-0.05, 0) is 40.9 Å². The summed E-state index contributed by atoms with van der Waals surface area (Å²) in [5.41, 5.74) is 1.43. The van der Waals surface area contributed by atoms with Gasteiger partial charge in [0.2, 0.25) is 0 Å². The highest BCUT2D eigenvalue weighted by atomic mass is 32.2. The summed E-state index contributed by atoms with van der Waals surface area (Å²) in [7, 11) is 0. The fraction of sp³-hybridized carbons (Fsp3) is 0.167. The monoisotopic (exact) mass is 265 g/mol. The van der Waals surface area contributed by atoms with Gasteiger partial charge in [0.05, 0.1) is 0 Å². The maximum atomic E-state index is 10.7. The average molecular weight is 265 g/mol. The van der Waals surface area contributed by atoms with E-state index >= 15 is 0 Å². The molecule has 3 nitrogen and oxygen atoms in total. The first-order chi connectivity index (χ1) is 8.25. The lowest BCUT2D eigenvalue weighted by molar-refractivity contribution is 0.0690. The molecule has 88 valence electrons. The third kappa shape index (κ3) is 3.57. The summed E-state index contributed by atoms with van der Waals surface area (Å²) in [4.78, 5) is 15.5. The lowest BCUT2D eigenvalue weighted by Gasteiger charge is -2.01. The molecule has 17 heavy (non-hydrogen) atoms. The molecule has 0 saturated heterocycles. The number of nitrogens with zero attached hydrogens (tertiary/aromatic N) is 1. The number of aromatic carboxylic acids is 1. The van der Waals surface area contributed by atoms with E-state index < -0.39 is 5.97 Å². The van der Waals surface area contributed by atoms with E-state index in [-0.39, 0.29) is 5.69 Å². The second kappa shape index (κ2) is 5.84. The van der Waals surface area contributed by atoms with Gasteiger partial charge in [0.25, 0.3) is 0 Å². The van der Waals surface area contributed by atoms with E-state index in [4.69, 9.17) is 5.11 Å². The highest BCUT2D eigenvalue weighted by Crippen LogP contribution is 2.20. The number of rotatable bonds is 5. The fourth-order valence-corrected chi connectivity index (χ4v) is 2.97. The first-order valence-corrected chi connectivity index (χ1v) is 7.02. The number of thioether (sulfide) groups is 1. The Bertz CT molecular complexity index is 497. The van der Waals surface area contributed by atoms with Crippen molar-refractivity contribution in [3.63, 3.8) is 0 Å². The lowest BCUT2D eigenvalue weighted by atomic mass is 10.3. The molecule has 0 radical (unpaired) electrons. The second-order valence-corrected chi connectivity index (χ2v) is 5.36. The predicted molar refractivity (Wildman–Crippen MR) is 69.9 cm³/mol. The number of hydrogen-bond donors (Lipinski definition) is 1. The highest BCUT2D eigenvalue weighted by Gasteiger charge is 2.05. The Morgan fingerprint density at radius 1 is 1.47 bits per heavy atom. The van der Waals surface area contributed by atoms with E-state index in [1.165, 1.54) is 11.8 Å². The molecule has 0 bridgehead atoms. The zero-order chi connectivity index (χ0) is 12.1. The van der Waals surface area contributed by atoms with E-state index in [0.29, 0.717) is 0 Å². The molecule has 0 unspecified atom stereocenters. The molecule has 2 rings (SSSR count). The van der Waals surface area contributed by atoms with E-state index in [1.807, 2.05) is 6.07 Å². The molecule has 5 heteroatoms. The molecular formula is C12H11NO2S2. The van der Waals surface area contributed by atoms with Crippen molar-refractivity contribution in [1.82, 2.24) is 4.98 Å². The summed E-state index contributed by atoms with van der Waals surface area (Å²) in [6.07, 6.45) is 2.54. The lowest BCUT2D eigenvalue weighted by Crippen LogP contribution is -1.99. The minimum Gasteiger partial charge on any atom is -0.477 e. The molecule has 0 spiro atoms. The fourth-order valence-electron chi connectivity index (χ4n) is 1.34. The number of carboxylic acids is 1. The summed E-state index contributed by atoms with van der Waals surface area (Å²) in [6.45, 7) is 0. The smallest absolute Gasteiger partial charge is 0.354 e. The van der Waals surface area contributed by atoms with Gasteiger partial charge < -0.3 is 5.11 Å². The van der Waals surface area contributed by atoms with Crippen molar-refractivity contribution in [1.29, 1.82) is 0 Å². The van der Waals surface area contributed by atoms with Gasteiger partial charge in [-0.2, -0.15) is 11.3 Å². The van der Waals surface area contributed by atoms with Crippen LogP contribution in [0.3, 0.4) is 0 Å². The summed E-state index contributed by atoms with van der Waals surface area (Å²) < 4.78 is 0. The Balaban J connectivity index is 1.90. The van der Waals surface area contributed by atoms with Crippen LogP contribution in [0.1, 0.15) is 16.1 Å². The molecule has 0 aliphatic rings. The van der Waals surface area contributed by atoms with Gasteiger partial charge in [-0.1, -0.05) is 0 Å². The van der Waals surface area contributed by atoms with E-state index in [9.17, 15) is 4.79 Å². The molecule has 2 heterocycles. The van der Waals surface area contributed by atoms with Crippen LogP contribution in [-0.2, 0) is 6.42 Å². The number of aromatic nitrogens is 1. The maximum absolute atomic E-state index is 10.7. The average Bonchev–Trinajstić information content (AvgIpc) is 2.82. The van der Waals surface area contributed by atoms with Gasteiger partial charge >= 0.3 is 5.97 Å². The van der Waals surface area contributed by atoms with Crippen molar-refractivity contribution in [2.24, 2.45) is 0 Å². The van der Waals surface area contributed by atoms with Crippen LogP contribution in [0.2, 0.25) is 0 Å². The largest absolute Gasteiger partial charge is 0.477 e. The quantitative estimate of drug-likeness (QED) is 0.844. The third-order valence-corrected chi connectivity index (χ3v) is 3.92.